The second-order valence-corrected chi connectivity index (χ2v) is 4.81. The third-order valence-electron chi connectivity index (χ3n) is 2.99. The SMILES string of the molecule is Cc1cc(O)c(C(C)C)cc1NC(=O)c1ccco1. The molecule has 0 spiro atoms. The number of hydrogen-bond acceptors (Lipinski definition) is 3. The van der Waals surface area contributed by atoms with Gasteiger partial charge in [-0.05, 0) is 48.2 Å². The molecule has 2 rings (SSSR count). The zero-order valence-corrected chi connectivity index (χ0v) is 11.2. The minimum Gasteiger partial charge on any atom is -0.508 e. The third kappa shape index (κ3) is 2.78. The molecule has 19 heavy (non-hydrogen) atoms. The van der Waals surface area contributed by atoms with Gasteiger partial charge >= 0.3 is 0 Å². The van der Waals surface area contributed by atoms with Crippen LogP contribution in [0.25, 0.3) is 0 Å². The van der Waals surface area contributed by atoms with Crippen molar-refractivity contribution < 1.29 is 14.3 Å². The predicted molar refractivity (Wildman–Crippen MR) is 73.6 cm³/mol. The number of anilines is 1. The van der Waals surface area contributed by atoms with Crippen LogP contribution in [-0.4, -0.2) is 11.0 Å². The van der Waals surface area contributed by atoms with Crippen LogP contribution in [0.2, 0.25) is 0 Å². The lowest BCUT2D eigenvalue weighted by atomic mass is 9.99. The van der Waals surface area contributed by atoms with Gasteiger partial charge in [-0.3, -0.25) is 4.79 Å². The normalized spacial score (nSPS) is 10.7. The van der Waals surface area contributed by atoms with Gasteiger partial charge in [0.15, 0.2) is 5.76 Å². The van der Waals surface area contributed by atoms with E-state index in [9.17, 15) is 9.90 Å². The number of phenols is 1. The minimum absolute atomic E-state index is 0.180. The summed E-state index contributed by atoms with van der Waals surface area (Å²) in [4.78, 5) is 11.9. The maximum atomic E-state index is 11.9. The van der Waals surface area contributed by atoms with Crippen molar-refractivity contribution in [3.8, 4) is 5.75 Å². The summed E-state index contributed by atoms with van der Waals surface area (Å²) in [5.74, 6) is 0.399. The van der Waals surface area contributed by atoms with Gasteiger partial charge in [-0.1, -0.05) is 13.8 Å². The van der Waals surface area contributed by atoms with E-state index in [1.54, 1.807) is 24.3 Å². The van der Waals surface area contributed by atoms with Crippen molar-refractivity contribution in [2.75, 3.05) is 5.32 Å². The number of carbonyl (C=O) groups is 1. The Morgan fingerprint density at radius 1 is 1.37 bits per heavy atom. The Labute approximate surface area is 112 Å². The smallest absolute Gasteiger partial charge is 0.291 e. The number of aromatic hydroxyl groups is 1. The molecular formula is C15H17NO3. The van der Waals surface area contributed by atoms with E-state index >= 15 is 0 Å². The summed E-state index contributed by atoms with van der Waals surface area (Å²) >= 11 is 0. The van der Waals surface area contributed by atoms with Crippen molar-refractivity contribution in [3.63, 3.8) is 0 Å². The molecule has 0 atom stereocenters. The molecule has 4 heteroatoms. The zero-order valence-electron chi connectivity index (χ0n) is 11.2. The molecule has 0 unspecified atom stereocenters. The molecule has 0 saturated carbocycles. The zero-order chi connectivity index (χ0) is 14.0. The Morgan fingerprint density at radius 3 is 2.68 bits per heavy atom. The Hall–Kier alpha value is -2.23. The summed E-state index contributed by atoms with van der Waals surface area (Å²) in [5.41, 5.74) is 2.30. The molecule has 0 aliphatic rings. The van der Waals surface area contributed by atoms with Crippen LogP contribution in [0.5, 0.6) is 5.75 Å². The summed E-state index contributed by atoms with van der Waals surface area (Å²) < 4.78 is 5.05. The maximum absolute atomic E-state index is 11.9. The van der Waals surface area contributed by atoms with Crippen LogP contribution >= 0.6 is 0 Å². The second-order valence-electron chi connectivity index (χ2n) is 4.81. The van der Waals surface area contributed by atoms with Crippen molar-refractivity contribution >= 4 is 11.6 Å². The first-order valence-corrected chi connectivity index (χ1v) is 6.17. The average Bonchev–Trinajstić information content (AvgIpc) is 2.85. The van der Waals surface area contributed by atoms with Crippen LogP contribution in [0.3, 0.4) is 0 Å². The van der Waals surface area contributed by atoms with E-state index in [0.29, 0.717) is 5.69 Å². The van der Waals surface area contributed by atoms with Gasteiger partial charge in [-0.15, -0.1) is 0 Å². The lowest BCUT2D eigenvalue weighted by molar-refractivity contribution is 0.0996. The summed E-state index contributed by atoms with van der Waals surface area (Å²) in [7, 11) is 0. The Morgan fingerprint density at radius 2 is 2.11 bits per heavy atom. The molecule has 1 heterocycles. The number of rotatable bonds is 3. The molecule has 2 N–H and O–H groups in total. The van der Waals surface area contributed by atoms with E-state index in [0.717, 1.165) is 11.1 Å². The molecular weight excluding hydrogens is 242 g/mol. The third-order valence-corrected chi connectivity index (χ3v) is 2.99. The lowest BCUT2D eigenvalue weighted by Crippen LogP contribution is -2.12. The van der Waals surface area contributed by atoms with Crippen molar-refractivity contribution in [1.29, 1.82) is 0 Å². The molecule has 1 aromatic carbocycles. The van der Waals surface area contributed by atoms with Crippen LogP contribution in [0, 0.1) is 6.92 Å². The fourth-order valence-electron chi connectivity index (χ4n) is 1.90. The molecule has 100 valence electrons. The van der Waals surface area contributed by atoms with Gasteiger partial charge in [0.25, 0.3) is 5.91 Å². The first-order valence-electron chi connectivity index (χ1n) is 6.17. The quantitative estimate of drug-likeness (QED) is 0.827. The molecule has 0 aliphatic carbocycles. The van der Waals surface area contributed by atoms with Gasteiger partial charge in [0.1, 0.15) is 5.75 Å². The molecule has 2 aromatic rings. The number of amides is 1. The van der Waals surface area contributed by atoms with E-state index in [-0.39, 0.29) is 23.3 Å². The van der Waals surface area contributed by atoms with Crippen LogP contribution < -0.4 is 5.32 Å². The highest BCUT2D eigenvalue weighted by atomic mass is 16.3. The maximum Gasteiger partial charge on any atom is 0.291 e. The van der Waals surface area contributed by atoms with E-state index in [1.807, 2.05) is 20.8 Å². The number of nitrogens with one attached hydrogen (secondary N) is 1. The highest BCUT2D eigenvalue weighted by Crippen LogP contribution is 2.31. The van der Waals surface area contributed by atoms with E-state index < -0.39 is 0 Å². The fraction of sp³-hybridized carbons (Fsp3) is 0.267. The highest BCUT2D eigenvalue weighted by Gasteiger charge is 2.14. The molecule has 0 saturated heterocycles. The van der Waals surface area contributed by atoms with Crippen molar-refractivity contribution in [2.45, 2.75) is 26.7 Å². The number of furan rings is 1. The molecule has 0 aliphatic heterocycles. The summed E-state index contributed by atoms with van der Waals surface area (Å²) in [5, 5.41) is 12.7. The second kappa shape index (κ2) is 5.18. The van der Waals surface area contributed by atoms with Crippen LogP contribution in [-0.2, 0) is 0 Å². The molecule has 4 nitrogen and oxygen atoms in total. The number of carbonyl (C=O) groups excluding carboxylic acids is 1. The summed E-state index contributed by atoms with van der Waals surface area (Å²) in [6, 6.07) is 6.73. The molecule has 0 radical (unpaired) electrons. The average molecular weight is 259 g/mol. The predicted octanol–water partition coefficient (Wildman–Crippen LogP) is 3.67. The minimum atomic E-state index is -0.298. The van der Waals surface area contributed by atoms with E-state index in [1.165, 1.54) is 6.26 Å². The van der Waals surface area contributed by atoms with Gasteiger partial charge in [0, 0.05) is 5.69 Å². The van der Waals surface area contributed by atoms with Gasteiger partial charge in [0.05, 0.1) is 6.26 Å². The Bertz CT molecular complexity index is 586. The van der Waals surface area contributed by atoms with Crippen LogP contribution in [0.1, 0.15) is 41.4 Å². The molecule has 1 aromatic heterocycles. The Balaban J connectivity index is 2.30. The van der Waals surface area contributed by atoms with Crippen molar-refractivity contribution in [3.05, 3.63) is 47.4 Å². The van der Waals surface area contributed by atoms with E-state index in [2.05, 4.69) is 5.32 Å². The van der Waals surface area contributed by atoms with Crippen LogP contribution in [0.15, 0.2) is 34.9 Å². The number of benzene rings is 1. The molecule has 1 amide bonds. The Kier molecular flexibility index (Phi) is 3.60. The lowest BCUT2D eigenvalue weighted by Gasteiger charge is -2.14. The largest absolute Gasteiger partial charge is 0.508 e. The van der Waals surface area contributed by atoms with Gasteiger partial charge in [-0.2, -0.15) is 0 Å². The fourth-order valence-corrected chi connectivity index (χ4v) is 1.90. The number of phenolic OH excluding ortho intramolecular Hbond substituents is 1. The first kappa shape index (κ1) is 13.2. The molecule has 0 bridgehead atoms. The topological polar surface area (TPSA) is 62.5 Å². The monoisotopic (exact) mass is 259 g/mol. The van der Waals surface area contributed by atoms with Crippen molar-refractivity contribution in [1.82, 2.24) is 0 Å². The summed E-state index contributed by atoms with van der Waals surface area (Å²) in [6.07, 6.45) is 1.46. The highest BCUT2D eigenvalue weighted by molar-refractivity contribution is 6.02. The van der Waals surface area contributed by atoms with Crippen molar-refractivity contribution in [2.24, 2.45) is 0 Å². The first-order chi connectivity index (χ1) is 8.99. The van der Waals surface area contributed by atoms with Gasteiger partial charge in [0.2, 0.25) is 0 Å². The molecule has 0 fully saturated rings. The van der Waals surface area contributed by atoms with E-state index in [4.69, 9.17) is 4.42 Å². The number of hydrogen-bond donors (Lipinski definition) is 2. The standard InChI is InChI=1S/C15H17NO3/c1-9(2)11-8-12(10(3)7-13(11)17)16-15(18)14-5-4-6-19-14/h4-9,17H,1-3H3,(H,16,18). The van der Waals surface area contributed by atoms with Gasteiger partial charge in [-0.25, -0.2) is 0 Å². The number of aryl methyl sites for hydroxylation is 1. The van der Waals surface area contributed by atoms with Crippen LogP contribution in [0.4, 0.5) is 5.69 Å². The summed E-state index contributed by atoms with van der Waals surface area (Å²) in [6.45, 7) is 5.81. The van der Waals surface area contributed by atoms with Gasteiger partial charge < -0.3 is 14.8 Å².